The van der Waals surface area contributed by atoms with E-state index in [2.05, 4.69) is 24.5 Å². The van der Waals surface area contributed by atoms with E-state index in [0.717, 1.165) is 13.1 Å². The van der Waals surface area contributed by atoms with Crippen LogP contribution in [0.2, 0.25) is 0 Å². The first-order valence-electron chi connectivity index (χ1n) is 4.26. The first-order valence-corrected chi connectivity index (χ1v) is 4.26. The molecule has 12 heavy (non-hydrogen) atoms. The fourth-order valence-corrected chi connectivity index (χ4v) is 1.12. The summed E-state index contributed by atoms with van der Waals surface area (Å²) in [7, 11) is 0. The zero-order valence-corrected chi connectivity index (χ0v) is 10.4. The fourth-order valence-electron chi connectivity index (χ4n) is 1.12. The molecule has 0 aliphatic carbocycles. The van der Waals surface area contributed by atoms with Crippen molar-refractivity contribution in [3.8, 4) is 0 Å². The summed E-state index contributed by atoms with van der Waals surface area (Å²) in [6, 6.07) is 1.30. The summed E-state index contributed by atoms with van der Waals surface area (Å²) in [6.07, 6.45) is 0. The van der Waals surface area contributed by atoms with Gasteiger partial charge in [-0.05, 0) is 13.8 Å². The van der Waals surface area contributed by atoms with Crippen molar-refractivity contribution in [3.05, 3.63) is 7.43 Å². The third-order valence-electron chi connectivity index (χ3n) is 1.47. The van der Waals surface area contributed by atoms with Gasteiger partial charge in [0.05, 0.1) is 0 Å². The third-order valence-corrected chi connectivity index (χ3v) is 1.47. The molecule has 2 nitrogen and oxygen atoms in total. The van der Waals surface area contributed by atoms with Gasteiger partial charge in [-0.2, -0.15) is 0 Å². The van der Waals surface area contributed by atoms with E-state index in [9.17, 15) is 0 Å². The SMILES string of the molecule is CC.CC1CNCC(C)N1.[CH3-].[V]. The molecule has 1 heterocycles. The predicted molar refractivity (Wildman–Crippen MR) is 52.7 cm³/mol. The fraction of sp³-hybridized carbons (Fsp3) is 0.889. The molecule has 0 saturated carbocycles. The molecule has 1 radical (unpaired) electrons. The number of piperazine rings is 1. The molecule has 1 saturated heterocycles. The summed E-state index contributed by atoms with van der Waals surface area (Å²) in [5.41, 5.74) is 0. The Balaban J connectivity index is -0.000000189. The molecule has 0 aromatic carbocycles. The van der Waals surface area contributed by atoms with Crippen LogP contribution in [0.3, 0.4) is 0 Å². The van der Waals surface area contributed by atoms with Gasteiger partial charge in [0.25, 0.3) is 0 Å². The number of hydrogen-bond acceptors (Lipinski definition) is 2. The van der Waals surface area contributed by atoms with Crippen molar-refractivity contribution in [2.45, 2.75) is 39.8 Å². The minimum absolute atomic E-state index is 0. The van der Waals surface area contributed by atoms with Crippen LogP contribution in [0.5, 0.6) is 0 Å². The number of hydrogen-bond donors (Lipinski definition) is 2. The van der Waals surface area contributed by atoms with E-state index in [1.54, 1.807) is 0 Å². The van der Waals surface area contributed by atoms with Crippen LogP contribution in [0.25, 0.3) is 0 Å². The average molecular weight is 210 g/mol. The average Bonchev–Trinajstić information content (AvgIpc) is 1.91. The van der Waals surface area contributed by atoms with Crippen LogP contribution in [0.15, 0.2) is 0 Å². The summed E-state index contributed by atoms with van der Waals surface area (Å²) in [5.74, 6) is 0. The predicted octanol–water partition coefficient (Wildman–Crippen LogP) is 1.43. The quantitative estimate of drug-likeness (QED) is 0.591. The first-order chi connectivity index (χ1) is 4.79. The van der Waals surface area contributed by atoms with E-state index < -0.39 is 0 Å². The van der Waals surface area contributed by atoms with Crippen molar-refractivity contribution in [1.29, 1.82) is 0 Å². The smallest absolute Gasteiger partial charge is 0.0167 e. The van der Waals surface area contributed by atoms with Crippen LogP contribution in [-0.2, 0) is 18.6 Å². The minimum Gasteiger partial charge on any atom is -0.358 e. The maximum absolute atomic E-state index is 3.42. The van der Waals surface area contributed by atoms with E-state index in [-0.39, 0.29) is 26.0 Å². The Morgan fingerprint density at radius 2 is 1.33 bits per heavy atom. The maximum atomic E-state index is 3.42. The Morgan fingerprint density at radius 3 is 1.50 bits per heavy atom. The molecule has 0 bridgehead atoms. The van der Waals surface area contributed by atoms with E-state index in [4.69, 9.17) is 0 Å². The molecule has 75 valence electrons. The second-order valence-corrected chi connectivity index (χ2v) is 2.63. The molecule has 1 aliphatic rings. The second-order valence-electron chi connectivity index (χ2n) is 2.63. The number of nitrogens with one attached hydrogen (secondary N) is 2. The van der Waals surface area contributed by atoms with Gasteiger partial charge in [-0.25, -0.2) is 0 Å². The standard InChI is InChI=1S/C6H14N2.C2H6.CH3.V/c1-5-3-7-4-6(2)8-5;1-2;;/h5-8H,3-4H2,1-2H3;1-2H3;1H3;/q;;-1;. The van der Waals surface area contributed by atoms with Crippen molar-refractivity contribution in [2.24, 2.45) is 0 Å². The molecule has 1 fully saturated rings. The zero-order chi connectivity index (χ0) is 7.98. The van der Waals surface area contributed by atoms with Crippen LogP contribution < -0.4 is 10.6 Å². The van der Waals surface area contributed by atoms with E-state index in [1.807, 2.05) is 13.8 Å². The van der Waals surface area contributed by atoms with Crippen molar-refractivity contribution < 1.29 is 18.6 Å². The normalized spacial score (nSPS) is 27.0. The van der Waals surface area contributed by atoms with Crippen molar-refractivity contribution >= 4 is 0 Å². The van der Waals surface area contributed by atoms with Crippen molar-refractivity contribution in [3.63, 3.8) is 0 Å². The van der Waals surface area contributed by atoms with Gasteiger partial charge < -0.3 is 18.1 Å². The van der Waals surface area contributed by atoms with Gasteiger partial charge in [-0.1, -0.05) is 13.8 Å². The largest absolute Gasteiger partial charge is 0.358 e. The van der Waals surface area contributed by atoms with Crippen LogP contribution in [-0.4, -0.2) is 25.2 Å². The molecule has 0 spiro atoms. The van der Waals surface area contributed by atoms with Gasteiger partial charge in [0.1, 0.15) is 0 Å². The van der Waals surface area contributed by atoms with Gasteiger partial charge >= 0.3 is 0 Å². The summed E-state index contributed by atoms with van der Waals surface area (Å²) >= 11 is 0. The molecule has 0 aromatic rings. The molecule has 1 rings (SSSR count). The monoisotopic (exact) mass is 210 g/mol. The Morgan fingerprint density at radius 1 is 1.00 bits per heavy atom. The van der Waals surface area contributed by atoms with E-state index in [1.165, 1.54) is 0 Å². The van der Waals surface area contributed by atoms with Crippen LogP contribution in [0, 0.1) is 7.43 Å². The molecule has 2 N–H and O–H groups in total. The molecular formula is C9H23N2V-. The molecule has 1 aliphatic heterocycles. The van der Waals surface area contributed by atoms with E-state index in [0.29, 0.717) is 12.1 Å². The van der Waals surface area contributed by atoms with Gasteiger partial charge in [-0.15, -0.1) is 0 Å². The summed E-state index contributed by atoms with van der Waals surface area (Å²) in [6.45, 7) is 10.6. The Bertz CT molecular complexity index is 70.9. The van der Waals surface area contributed by atoms with Crippen molar-refractivity contribution in [1.82, 2.24) is 10.6 Å². The molecular weight excluding hydrogens is 187 g/mol. The Hall–Kier alpha value is 0.504. The van der Waals surface area contributed by atoms with E-state index >= 15 is 0 Å². The molecule has 0 amide bonds. The van der Waals surface area contributed by atoms with Gasteiger partial charge in [-0.3, -0.25) is 0 Å². The van der Waals surface area contributed by atoms with Crippen LogP contribution in [0.4, 0.5) is 0 Å². The van der Waals surface area contributed by atoms with Crippen LogP contribution in [0.1, 0.15) is 27.7 Å². The molecule has 2 unspecified atom stereocenters. The third kappa shape index (κ3) is 8.60. The van der Waals surface area contributed by atoms with Crippen LogP contribution >= 0.6 is 0 Å². The summed E-state index contributed by atoms with van der Waals surface area (Å²) in [5, 5.41) is 6.74. The second kappa shape index (κ2) is 11.5. The summed E-state index contributed by atoms with van der Waals surface area (Å²) in [4.78, 5) is 0. The van der Waals surface area contributed by atoms with Gasteiger partial charge in [0.15, 0.2) is 0 Å². The summed E-state index contributed by atoms with van der Waals surface area (Å²) < 4.78 is 0. The van der Waals surface area contributed by atoms with Gasteiger partial charge in [0.2, 0.25) is 0 Å². The Labute approximate surface area is 89.8 Å². The topological polar surface area (TPSA) is 24.1 Å². The molecule has 0 aromatic heterocycles. The first kappa shape index (κ1) is 18.3. The Kier molecular flexibility index (Phi) is 17.6. The van der Waals surface area contributed by atoms with Gasteiger partial charge in [0, 0.05) is 43.7 Å². The zero-order valence-electron chi connectivity index (χ0n) is 9.02. The molecule has 2 atom stereocenters. The van der Waals surface area contributed by atoms with Crippen molar-refractivity contribution in [2.75, 3.05) is 13.1 Å². The number of rotatable bonds is 0. The maximum Gasteiger partial charge on any atom is 0.0167 e. The minimum atomic E-state index is 0. The molecule has 3 heteroatoms.